The molecule has 0 radical (unpaired) electrons. The Balaban J connectivity index is 2.52. The van der Waals surface area contributed by atoms with Crippen LogP contribution < -0.4 is 5.73 Å². The number of rotatable bonds is 0. The highest BCUT2D eigenvalue weighted by Gasteiger charge is 2.13. The second kappa shape index (κ2) is 1.88. The molecule has 0 aliphatic carbocycles. The molecule has 1 aliphatic heterocycles. The van der Waals surface area contributed by atoms with Crippen LogP contribution in [0.4, 0.5) is 5.95 Å². The van der Waals surface area contributed by atoms with Gasteiger partial charge < -0.3 is 5.73 Å². The first-order valence-electron chi connectivity index (χ1n) is 3.05. The SMILES string of the molecule is N[C@@H]1CC=Nc2ncnn21. The molecule has 0 saturated heterocycles. The number of aromatic nitrogens is 3. The Kier molecular flexibility index (Phi) is 1.04. The normalized spacial score (nSPS) is 22.7. The molecule has 2 N–H and O–H groups in total. The van der Waals surface area contributed by atoms with Crippen molar-refractivity contribution in [3.8, 4) is 0 Å². The van der Waals surface area contributed by atoms with E-state index in [1.54, 1.807) is 10.9 Å². The molecule has 2 heterocycles. The van der Waals surface area contributed by atoms with Gasteiger partial charge in [0.25, 0.3) is 0 Å². The maximum absolute atomic E-state index is 5.66. The number of fused-ring (bicyclic) bond motifs is 1. The molecule has 1 aromatic rings. The minimum atomic E-state index is -0.0880. The Bertz CT molecular complexity index is 263. The maximum atomic E-state index is 5.66. The third-order valence-corrected chi connectivity index (χ3v) is 1.42. The topological polar surface area (TPSA) is 69.1 Å². The molecule has 52 valence electrons. The number of hydrogen-bond donors (Lipinski definition) is 1. The zero-order valence-electron chi connectivity index (χ0n) is 5.31. The van der Waals surface area contributed by atoms with E-state index in [-0.39, 0.29) is 6.17 Å². The second-order valence-electron chi connectivity index (χ2n) is 2.12. The zero-order valence-corrected chi connectivity index (χ0v) is 5.31. The van der Waals surface area contributed by atoms with E-state index in [9.17, 15) is 0 Å². The van der Waals surface area contributed by atoms with Crippen molar-refractivity contribution < 1.29 is 0 Å². The number of nitrogens with two attached hydrogens (primary N) is 1. The highest BCUT2D eigenvalue weighted by atomic mass is 15.4. The van der Waals surface area contributed by atoms with E-state index in [2.05, 4.69) is 15.1 Å². The highest BCUT2D eigenvalue weighted by molar-refractivity contribution is 5.62. The lowest BCUT2D eigenvalue weighted by Crippen LogP contribution is -2.22. The third kappa shape index (κ3) is 0.640. The summed E-state index contributed by atoms with van der Waals surface area (Å²) in [5.74, 6) is 0.596. The van der Waals surface area contributed by atoms with Crippen LogP contribution in [-0.2, 0) is 0 Å². The molecule has 10 heavy (non-hydrogen) atoms. The molecule has 0 bridgehead atoms. The van der Waals surface area contributed by atoms with Gasteiger partial charge in [0.1, 0.15) is 12.5 Å². The van der Waals surface area contributed by atoms with Crippen LogP contribution in [0, 0.1) is 0 Å². The van der Waals surface area contributed by atoms with Gasteiger partial charge in [-0.2, -0.15) is 10.1 Å². The predicted molar refractivity (Wildman–Crippen MR) is 36.0 cm³/mol. The van der Waals surface area contributed by atoms with Gasteiger partial charge in [-0.3, -0.25) is 0 Å². The first-order valence-corrected chi connectivity index (χ1v) is 3.05. The van der Waals surface area contributed by atoms with E-state index in [4.69, 9.17) is 5.73 Å². The molecular formula is C5H7N5. The lowest BCUT2D eigenvalue weighted by molar-refractivity contribution is 0.481. The van der Waals surface area contributed by atoms with Gasteiger partial charge in [-0.05, 0) is 0 Å². The van der Waals surface area contributed by atoms with Gasteiger partial charge in [0.15, 0.2) is 0 Å². The number of hydrogen-bond acceptors (Lipinski definition) is 4. The first-order chi connectivity index (χ1) is 4.88. The van der Waals surface area contributed by atoms with E-state index in [0.717, 1.165) is 6.42 Å². The molecule has 0 spiro atoms. The van der Waals surface area contributed by atoms with Crippen LogP contribution in [0.5, 0.6) is 0 Å². The quantitative estimate of drug-likeness (QED) is 0.540. The smallest absolute Gasteiger partial charge is 0.248 e. The standard InChI is InChI=1S/C5H7N5/c6-4-1-2-7-5-8-3-9-10(4)5/h2-4H,1,6H2/t4-/m0/s1. The average molecular weight is 137 g/mol. The molecular weight excluding hydrogens is 130 g/mol. The Morgan fingerprint density at radius 3 is 3.40 bits per heavy atom. The van der Waals surface area contributed by atoms with Gasteiger partial charge in [-0.1, -0.05) is 0 Å². The summed E-state index contributed by atoms with van der Waals surface area (Å²) in [6.07, 6.45) is 3.86. The van der Waals surface area contributed by atoms with Crippen molar-refractivity contribution in [3.63, 3.8) is 0 Å². The zero-order chi connectivity index (χ0) is 6.97. The molecule has 0 amide bonds. The van der Waals surface area contributed by atoms with Crippen molar-refractivity contribution in [2.45, 2.75) is 12.6 Å². The van der Waals surface area contributed by atoms with Crippen LogP contribution in [0.2, 0.25) is 0 Å². The number of nitrogens with zero attached hydrogens (tertiary/aromatic N) is 4. The minimum absolute atomic E-state index is 0.0880. The summed E-state index contributed by atoms with van der Waals surface area (Å²) in [7, 11) is 0. The lowest BCUT2D eigenvalue weighted by atomic mass is 10.3. The molecule has 5 nitrogen and oxygen atoms in total. The van der Waals surface area contributed by atoms with Crippen molar-refractivity contribution in [2.75, 3.05) is 0 Å². The van der Waals surface area contributed by atoms with E-state index in [1.165, 1.54) is 6.33 Å². The fourth-order valence-corrected chi connectivity index (χ4v) is 0.913. The molecule has 1 aliphatic rings. The summed E-state index contributed by atoms with van der Waals surface area (Å²) >= 11 is 0. The van der Waals surface area contributed by atoms with Gasteiger partial charge in [0.2, 0.25) is 5.95 Å². The molecule has 2 rings (SSSR count). The van der Waals surface area contributed by atoms with E-state index >= 15 is 0 Å². The van der Waals surface area contributed by atoms with Crippen molar-refractivity contribution in [3.05, 3.63) is 6.33 Å². The van der Waals surface area contributed by atoms with Gasteiger partial charge in [-0.25, -0.2) is 9.67 Å². The summed E-state index contributed by atoms with van der Waals surface area (Å²) in [5.41, 5.74) is 5.66. The second-order valence-corrected chi connectivity index (χ2v) is 2.12. The van der Waals surface area contributed by atoms with Crippen LogP contribution in [0.3, 0.4) is 0 Å². The predicted octanol–water partition coefficient (Wildman–Crippen LogP) is -0.159. The molecule has 1 atom stereocenters. The number of aliphatic imine (C=N–C) groups is 1. The Morgan fingerprint density at radius 2 is 2.60 bits per heavy atom. The average Bonchev–Trinajstić information content (AvgIpc) is 2.36. The Morgan fingerprint density at radius 1 is 1.70 bits per heavy atom. The molecule has 0 unspecified atom stereocenters. The molecule has 0 aromatic carbocycles. The first kappa shape index (κ1) is 5.55. The lowest BCUT2D eigenvalue weighted by Gasteiger charge is -2.12. The minimum Gasteiger partial charge on any atom is -0.309 e. The molecule has 5 heteroatoms. The van der Waals surface area contributed by atoms with Gasteiger partial charge in [-0.15, -0.1) is 0 Å². The summed E-state index contributed by atoms with van der Waals surface area (Å²) in [5, 5.41) is 3.90. The van der Waals surface area contributed by atoms with Crippen LogP contribution in [0.1, 0.15) is 12.6 Å². The monoisotopic (exact) mass is 137 g/mol. The summed E-state index contributed by atoms with van der Waals surface area (Å²) in [4.78, 5) is 7.87. The van der Waals surface area contributed by atoms with Gasteiger partial charge in [0.05, 0.1) is 0 Å². The fourth-order valence-electron chi connectivity index (χ4n) is 0.913. The molecule has 0 fully saturated rings. The van der Waals surface area contributed by atoms with Crippen molar-refractivity contribution in [1.82, 2.24) is 14.8 Å². The van der Waals surface area contributed by atoms with Crippen LogP contribution >= 0.6 is 0 Å². The largest absolute Gasteiger partial charge is 0.309 e. The van der Waals surface area contributed by atoms with Crippen molar-refractivity contribution in [2.24, 2.45) is 10.7 Å². The molecule has 0 saturated carbocycles. The van der Waals surface area contributed by atoms with Gasteiger partial charge >= 0.3 is 0 Å². The van der Waals surface area contributed by atoms with Crippen LogP contribution in [-0.4, -0.2) is 21.0 Å². The van der Waals surface area contributed by atoms with Gasteiger partial charge in [0, 0.05) is 12.6 Å². The Hall–Kier alpha value is -1.23. The fraction of sp³-hybridized carbons (Fsp3) is 0.400. The van der Waals surface area contributed by atoms with E-state index in [1.807, 2.05) is 0 Å². The van der Waals surface area contributed by atoms with Crippen LogP contribution in [0.25, 0.3) is 0 Å². The van der Waals surface area contributed by atoms with E-state index < -0.39 is 0 Å². The van der Waals surface area contributed by atoms with E-state index in [0.29, 0.717) is 5.95 Å². The highest BCUT2D eigenvalue weighted by Crippen LogP contribution is 2.15. The summed E-state index contributed by atoms with van der Waals surface area (Å²) in [6, 6.07) is 0. The maximum Gasteiger partial charge on any atom is 0.248 e. The third-order valence-electron chi connectivity index (χ3n) is 1.42. The van der Waals surface area contributed by atoms with Crippen molar-refractivity contribution >= 4 is 12.2 Å². The molecule has 1 aromatic heterocycles. The summed E-state index contributed by atoms with van der Waals surface area (Å²) < 4.78 is 1.61. The summed E-state index contributed by atoms with van der Waals surface area (Å²) in [6.45, 7) is 0. The Labute approximate surface area is 57.6 Å². The van der Waals surface area contributed by atoms with Crippen molar-refractivity contribution in [1.29, 1.82) is 0 Å². The van der Waals surface area contributed by atoms with Crippen LogP contribution in [0.15, 0.2) is 11.3 Å².